The van der Waals surface area contributed by atoms with Gasteiger partial charge in [-0.15, -0.1) is 0 Å². The molecule has 86 valence electrons. The topological polar surface area (TPSA) is 38.7 Å². The van der Waals surface area contributed by atoms with Crippen LogP contribution in [0.5, 0.6) is 5.75 Å². The maximum absolute atomic E-state index is 9.69. The van der Waals surface area contributed by atoms with Crippen molar-refractivity contribution in [3.05, 3.63) is 29.3 Å². The average Bonchev–Trinajstić information content (AvgIpc) is 2.88. The number of fused-ring (bicyclic) bond motifs is 1. The Morgan fingerprint density at radius 1 is 1.19 bits per heavy atom. The molecule has 3 nitrogen and oxygen atoms in total. The molecule has 16 heavy (non-hydrogen) atoms. The van der Waals surface area contributed by atoms with Gasteiger partial charge in [0.15, 0.2) is 0 Å². The molecule has 3 heteroatoms. The molecule has 1 saturated carbocycles. The molecule has 1 N–H and O–H groups in total. The zero-order chi connectivity index (χ0) is 11.0. The van der Waals surface area contributed by atoms with Gasteiger partial charge in [-0.25, -0.2) is 0 Å². The molecule has 1 aromatic carbocycles. The summed E-state index contributed by atoms with van der Waals surface area (Å²) in [5.74, 6) is 0.857. The Kier molecular flexibility index (Phi) is 2.58. The summed E-state index contributed by atoms with van der Waals surface area (Å²) >= 11 is 0. The van der Waals surface area contributed by atoms with E-state index in [9.17, 15) is 5.11 Å². The molecule has 1 fully saturated rings. The third-order valence-electron chi connectivity index (χ3n) is 3.40. The van der Waals surface area contributed by atoms with Gasteiger partial charge < -0.3 is 14.6 Å². The molecule has 1 heterocycles. The third-order valence-corrected chi connectivity index (χ3v) is 3.40. The summed E-state index contributed by atoms with van der Waals surface area (Å²) in [7, 11) is 0. The second-order valence-corrected chi connectivity index (χ2v) is 4.58. The zero-order valence-corrected chi connectivity index (χ0v) is 9.19. The number of hydrogen-bond acceptors (Lipinski definition) is 3. The quantitative estimate of drug-likeness (QED) is 0.828. The van der Waals surface area contributed by atoms with E-state index < -0.39 is 0 Å². The maximum atomic E-state index is 9.69. The second kappa shape index (κ2) is 4.07. The van der Waals surface area contributed by atoms with Gasteiger partial charge in [0.05, 0.1) is 19.3 Å². The van der Waals surface area contributed by atoms with Gasteiger partial charge in [0.1, 0.15) is 11.9 Å². The maximum Gasteiger partial charge on any atom is 0.124 e. The zero-order valence-electron chi connectivity index (χ0n) is 9.19. The van der Waals surface area contributed by atoms with Crippen LogP contribution < -0.4 is 4.74 Å². The Labute approximate surface area is 95.0 Å². The van der Waals surface area contributed by atoms with Gasteiger partial charge in [0.2, 0.25) is 0 Å². The van der Waals surface area contributed by atoms with Gasteiger partial charge in [-0.05, 0) is 42.5 Å². The molecule has 2 atom stereocenters. The lowest BCUT2D eigenvalue weighted by Crippen LogP contribution is -2.25. The van der Waals surface area contributed by atoms with E-state index in [1.165, 1.54) is 11.1 Å². The van der Waals surface area contributed by atoms with Gasteiger partial charge >= 0.3 is 0 Å². The smallest absolute Gasteiger partial charge is 0.124 e. The Morgan fingerprint density at radius 2 is 2.06 bits per heavy atom. The highest BCUT2D eigenvalue weighted by Crippen LogP contribution is 2.28. The van der Waals surface area contributed by atoms with Gasteiger partial charge in [-0.1, -0.05) is 6.07 Å². The van der Waals surface area contributed by atoms with Crippen LogP contribution in [-0.2, 0) is 18.0 Å². The van der Waals surface area contributed by atoms with Gasteiger partial charge in [-0.2, -0.15) is 0 Å². The summed E-state index contributed by atoms with van der Waals surface area (Å²) in [5.41, 5.74) is 2.46. The van der Waals surface area contributed by atoms with Crippen LogP contribution in [0.4, 0.5) is 0 Å². The van der Waals surface area contributed by atoms with E-state index >= 15 is 0 Å². The number of ether oxygens (including phenoxy) is 2. The fourth-order valence-electron chi connectivity index (χ4n) is 2.44. The minimum atomic E-state index is -0.301. The van der Waals surface area contributed by atoms with E-state index in [4.69, 9.17) is 9.47 Å². The van der Waals surface area contributed by atoms with Crippen LogP contribution in [0.1, 0.15) is 30.4 Å². The minimum absolute atomic E-state index is 0.0274. The molecule has 0 aromatic heterocycles. The summed E-state index contributed by atoms with van der Waals surface area (Å²) in [4.78, 5) is 0. The predicted molar refractivity (Wildman–Crippen MR) is 59.2 cm³/mol. The summed E-state index contributed by atoms with van der Waals surface area (Å²) in [5, 5.41) is 9.69. The lowest BCUT2D eigenvalue weighted by Gasteiger charge is -2.17. The highest BCUT2D eigenvalue weighted by Gasteiger charge is 2.27. The normalized spacial score (nSPS) is 28.1. The summed E-state index contributed by atoms with van der Waals surface area (Å²) < 4.78 is 11.2. The molecule has 2 aliphatic rings. The number of benzene rings is 1. The molecular formula is C13H16O3. The lowest BCUT2D eigenvalue weighted by atomic mass is 10.1. The van der Waals surface area contributed by atoms with E-state index in [-0.39, 0.29) is 12.2 Å². The van der Waals surface area contributed by atoms with Crippen molar-refractivity contribution in [1.82, 2.24) is 0 Å². The Hall–Kier alpha value is -1.06. The first-order valence-electron chi connectivity index (χ1n) is 5.87. The molecule has 0 amide bonds. The molecule has 0 unspecified atom stereocenters. The highest BCUT2D eigenvalue weighted by molar-refractivity contribution is 5.36. The van der Waals surface area contributed by atoms with Crippen molar-refractivity contribution in [3.8, 4) is 5.75 Å². The SMILES string of the molecule is O[C@H]1CCC[C@H]1Oc1ccc2c(c1)COC2. The molecule has 3 rings (SSSR count). The molecule has 0 spiro atoms. The standard InChI is InChI=1S/C13H16O3/c14-12-2-1-3-13(12)16-11-5-4-9-7-15-8-10(9)6-11/h4-6,12-14H,1-3,7-8H2/t12-,13+/m0/s1. The molecule has 0 saturated heterocycles. The summed E-state index contributed by atoms with van der Waals surface area (Å²) in [6.45, 7) is 1.39. The van der Waals surface area contributed by atoms with Crippen molar-refractivity contribution >= 4 is 0 Å². The van der Waals surface area contributed by atoms with E-state index in [0.29, 0.717) is 13.2 Å². The van der Waals surface area contributed by atoms with Crippen molar-refractivity contribution in [2.24, 2.45) is 0 Å². The van der Waals surface area contributed by atoms with Gasteiger partial charge in [0, 0.05) is 0 Å². The monoisotopic (exact) mass is 220 g/mol. The number of hydrogen-bond donors (Lipinski definition) is 1. The molecular weight excluding hydrogens is 204 g/mol. The molecule has 1 aromatic rings. The Balaban J connectivity index is 1.75. The van der Waals surface area contributed by atoms with E-state index in [2.05, 4.69) is 6.07 Å². The fourth-order valence-corrected chi connectivity index (χ4v) is 2.44. The fraction of sp³-hybridized carbons (Fsp3) is 0.538. The van der Waals surface area contributed by atoms with E-state index in [1.807, 2.05) is 12.1 Å². The van der Waals surface area contributed by atoms with Gasteiger partial charge in [0.25, 0.3) is 0 Å². The van der Waals surface area contributed by atoms with Crippen molar-refractivity contribution in [3.63, 3.8) is 0 Å². The van der Waals surface area contributed by atoms with E-state index in [1.54, 1.807) is 0 Å². The Bertz CT molecular complexity index is 389. The first-order valence-corrected chi connectivity index (χ1v) is 5.87. The second-order valence-electron chi connectivity index (χ2n) is 4.58. The van der Waals surface area contributed by atoms with Crippen molar-refractivity contribution < 1.29 is 14.6 Å². The third kappa shape index (κ3) is 1.81. The van der Waals surface area contributed by atoms with Crippen LogP contribution in [0.15, 0.2) is 18.2 Å². The highest BCUT2D eigenvalue weighted by atomic mass is 16.5. The van der Waals surface area contributed by atoms with Crippen molar-refractivity contribution in [2.45, 2.75) is 44.7 Å². The van der Waals surface area contributed by atoms with Crippen molar-refractivity contribution in [1.29, 1.82) is 0 Å². The van der Waals surface area contributed by atoms with Crippen molar-refractivity contribution in [2.75, 3.05) is 0 Å². The van der Waals surface area contributed by atoms with Gasteiger partial charge in [-0.3, -0.25) is 0 Å². The van der Waals surface area contributed by atoms with Crippen LogP contribution in [0.25, 0.3) is 0 Å². The number of aliphatic hydroxyl groups excluding tert-OH is 1. The molecule has 1 aliphatic carbocycles. The van der Waals surface area contributed by atoms with Crippen LogP contribution in [-0.4, -0.2) is 17.3 Å². The van der Waals surface area contributed by atoms with Crippen LogP contribution >= 0.6 is 0 Å². The average molecular weight is 220 g/mol. The van der Waals surface area contributed by atoms with E-state index in [0.717, 1.165) is 25.0 Å². The number of aliphatic hydroxyl groups is 1. The molecule has 0 radical (unpaired) electrons. The lowest BCUT2D eigenvalue weighted by molar-refractivity contribution is 0.0603. The molecule has 1 aliphatic heterocycles. The molecule has 0 bridgehead atoms. The predicted octanol–water partition coefficient (Wildman–Crippen LogP) is 2.01. The largest absolute Gasteiger partial charge is 0.488 e. The number of rotatable bonds is 2. The first-order chi connectivity index (χ1) is 7.83. The minimum Gasteiger partial charge on any atom is -0.488 e. The summed E-state index contributed by atoms with van der Waals surface area (Å²) in [6, 6.07) is 6.06. The summed E-state index contributed by atoms with van der Waals surface area (Å²) in [6.07, 6.45) is 2.54. The first kappa shape index (κ1) is 10.1. The van der Waals surface area contributed by atoms with Crippen LogP contribution in [0, 0.1) is 0 Å². The Morgan fingerprint density at radius 3 is 2.88 bits per heavy atom. The van der Waals surface area contributed by atoms with Crippen LogP contribution in [0.2, 0.25) is 0 Å². The van der Waals surface area contributed by atoms with Crippen LogP contribution in [0.3, 0.4) is 0 Å².